The van der Waals surface area contributed by atoms with Crippen LogP contribution >= 0.6 is 23.2 Å². The van der Waals surface area contributed by atoms with Crippen LogP contribution in [0, 0.1) is 6.92 Å². The van der Waals surface area contributed by atoms with Gasteiger partial charge in [-0.2, -0.15) is 0 Å². The van der Waals surface area contributed by atoms with Gasteiger partial charge in [-0.25, -0.2) is 0 Å². The van der Waals surface area contributed by atoms with Gasteiger partial charge in [0.05, 0.1) is 41.0 Å². The number of carbonyl (C=O) groups excluding carboxylic acids is 2. The van der Waals surface area contributed by atoms with Crippen molar-refractivity contribution in [2.75, 3.05) is 7.11 Å². The first-order valence-corrected chi connectivity index (χ1v) is 10.9. The predicted octanol–water partition coefficient (Wildman–Crippen LogP) is 5.33. The summed E-state index contributed by atoms with van der Waals surface area (Å²) >= 11 is 12.3. The highest BCUT2D eigenvalue weighted by molar-refractivity contribution is 6.46. The number of likely N-dealkylation sites (tertiary alicyclic amines) is 1. The summed E-state index contributed by atoms with van der Waals surface area (Å²) in [6.45, 7) is 1.90. The molecule has 6 nitrogen and oxygen atoms in total. The quantitative estimate of drug-likeness (QED) is 0.302. The third-order valence-electron chi connectivity index (χ3n) is 5.53. The van der Waals surface area contributed by atoms with Gasteiger partial charge >= 0.3 is 0 Å². The minimum absolute atomic E-state index is 0.0288. The average molecular weight is 483 g/mol. The molecule has 1 unspecified atom stereocenters. The first-order valence-electron chi connectivity index (χ1n) is 10.1. The van der Waals surface area contributed by atoms with Crippen LogP contribution in [-0.2, 0) is 16.1 Å². The molecule has 2 heterocycles. The number of hydrogen-bond acceptors (Lipinski definition) is 5. The maximum Gasteiger partial charge on any atom is 0.296 e. The lowest BCUT2D eigenvalue weighted by Gasteiger charge is -2.25. The van der Waals surface area contributed by atoms with Gasteiger partial charge in [-0.05, 0) is 60.5 Å². The lowest BCUT2D eigenvalue weighted by Crippen LogP contribution is -2.29. The fourth-order valence-corrected chi connectivity index (χ4v) is 4.23. The minimum atomic E-state index is -0.871. The molecule has 8 heteroatoms. The molecule has 1 saturated heterocycles. The van der Waals surface area contributed by atoms with E-state index in [9.17, 15) is 14.7 Å². The van der Waals surface area contributed by atoms with E-state index in [1.165, 1.54) is 4.90 Å². The number of aromatic nitrogens is 1. The van der Waals surface area contributed by atoms with Gasteiger partial charge in [0.15, 0.2) is 0 Å². The number of benzene rings is 2. The van der Waals surface area contributed by atoms with Crippen LogP contribution in [0.5, 0.6) is 5.75 Å². The number of ether oxygens (including phenoxy) is 1. The summed E-state index contributed by atoms with van der Waals surface area (Å²) in [7, 11) is 1.55. The molecule has 3 aromatic rings. The van der Waals surface area contributed by atoms with E-state index in [0.717, 1.165) is 5.56 Å². The van der Waals surface area contributed by atoms with E-state index in [-0.39, 0.29) is 22.9 Å². The van der Waals surface area contributed by atoms with E-state index in [1.54, 1.807) is 67.9 Å². The van der Waals surface area contributed by atoms with Gasteiger partial charge in [-0.3, -0.25) is 14.6 Å². The Morgan fingerprint density at radius 3 is 2.52 bits per heavy atom. The number of methoxy groups -OCH3 is 1. The summed E-state index contributed by atoms with van der Waals surface area (Å²) in [5.74, 6) is -1.15. The molecular formula is C25H20Cl2N2O4. The first-order chi connectivity index (χ1) is 15.8. The van der Waals surface area contributed by atoms with Gasteiger partial charge in [-0.15, -0.1) is 0 Å². The molecule has 0 spiro atoms. The highest BCUT2D eigenvalue weighted by atomic mass is 35.5. The molecule has 2 aromatic carbocycles. The maximum atomic E-state index is 13.2. The molecule has 0 radical (unpaired) electrons. The van der Waals surface area contributed by atoms with Crippen molar-refractivity contribution < 1.29 is 19.4 Å². The Morgan fingerprint density at radius 2 is 1.88 bits per heavy atom. The summed E-state index contributed by atoms with van der Waals surface area (Å²) in [5, 5.41) is 11.8. The zero-order chi connectivity index (χ0) is 23.7. The first kappa shape index (κ1) is 22.8. The fraction of sp³-hybridized carbons (Fsp3) is 0.160. The van der Waals surface area contributed by atoms with E-state index >= 15 is 0 Å². The Balaban J connectivity index is 1.88. The van der Waals surface area contributed by atoms with Crippen molar-refractivity contribution in [2.24, 2.45) is 0 Å². The summed E-state index contributed by atoms with van der Waals surface area (Å²) in [6.07, 6.45) is 1.61. The minimum Gasteiger partial charge on any atom is -0.507 e. The number of aryl methyl sites for hydroxylation is 1. The van der Waals surface area contributed by atoms with Crippen molar-refractivity contribution in [3.8, 4) is 5.75 Å². The standard InChI is InChI=1S/C25H20Cl2N2O4/c1-14-11-16(7-9-20(14)33-2)23(30)21-22(15-6-8-18(26)19(27)12-15)29(25(32)24(21)31)13-17-5-3-4-10-28-17/h3-12,22,30H,13H2,1-2H3/b23-21-. The number of halogens is 2. The van der Waals surface area contributed by atoms with Gasteiger partial charge in [-0.1, -0.05) is 35.3 Å². The monoisotopic (exact) mass is 482 g/mol. The molecule has 168 valence electrons. The third-order valence-corrected chi connectivity index (χ3v) is 6.27. The van der Waals surface area contributed by atoms with Crippen molar-refractivity contribution in [1.82, 2.24) is 9.88 Å². The number of nitrogens with zero attached hydrogens (tertiary/aromatic N) is 2. The second-order valence-electron chi connectivity index (χ2n) is 7.61. The van der Waals surface area contributed by atoms with Crippen LogP contribution in [0.4, 0.5) is 0 Å². The summed E-state index contributed by atoms with van der Waals surface area (Å²) in [5.41, 5.74) is 2.29. The van der Waals surface area contributed by atoms with E-state index in [2.05, 4.69) is 4.98 Å². The Bertz CT molecular complexity index is 1270. The Morgan fingerprint density at radius 1 is 1.09 bits per heavy atom. The molecule has 1 aliphatic heterocycles. The largest absolute Gasteiger partial charge is 0.507 e. The summed E-state index contributed by atoms with van der Waals surface area (Å²) in [6, 6.07) is 14.4. The van der Waals surface area contributed by atoms with Crippen LogP contribution < -0.4 is 4.74 Å². The zero-order valence-electron chi connectivity index (χ0n) is 17.9. The highest BCUT2D eigenvalue weighted by Crippen LogP contribution is 2.42. The van der Waals surface area contributed by atoms with E-state index in [4.69, 9.17) is 27.9 Å². The van der Waals surface area contributed by atoms with Crippen molar-refractivity contribution in [3.05, 3.63) is 98.8 Å². The lowest BCUT2D eigenvalue weighted by atomic mass is 9.94. The summed E-state index contributed by atoms with van der Waals surface area (Å²) < 4.78 is 5.28. The van der Waals surface area contributed by atoms with Gasteiger partial charge in [0, 0.05) is 11.8 Å². The number of aliphatic hydroxyl groups excluding tert-OH is 1. The third kappa shape index (κ3) is 4.32. The molecule has 1 amide bonds. The molecular weight excluding hydrogens is 463 g/mol. The highest BCUT2D eigenvalue weighted by Gasteiger charge is 2.46. The van der Waals surface area contributed by atoms with E-state index in [1.807, 2.05) is 6.92 Å². The lowest BCUT2D eigenvalue weighted by molar-refractivity contribution is -0.140. The fourth-order valence-electron chi connectivity index (χ4n) is 3.92. The van der Waals surface area contributed by atoms with Crippen LogP contribution in [0.2, 0.25) is 10.0 Å². The van der Waals surface area contributed by atoms with Crippen LogP contribution in [0.25, 0.3) is 5.76 Å². The van der Waals surface area contributed by atoms with Crippen molar-refractivity contribution in [2.45, 2.75) is 19.5 Å². The number of amides is 1. The van der Waals surface area contributed by atoms with E-state index in [0.29, 0.717) is 27.6 Å². The van der Waals surface area contributed by atoms with Gasteiger partial charge in [0.1, 0.15) is 11.5 Å². The average Bonchev–Trinajstić information content (AvgIpc) is 3.06. The van der Waals surface area contributed by atoms with Crippen LogP contribution in [0.15, 0.2) is 66.4 Å². The molecule has 1 aliphatic rings. The van der Waals surface area contributed by atoms with E-state index < -0.39 is 17.7 Å². The summed E-state index contributed by atoms with van der Waals surface area (Å²) in [4.78, 5) is 31.9. The van der Waals surface area contributed by atoms with Crippen molar-refractivity contribution >= 4 is 40.7 Å². The van der Waals surface area contributed by atoms with Crippen LogP contribution in [-0.4, -0.2) is 33.8 Å². The predicted molar refractivity (Wildman–Crippen MR) is 126 cm³/mol. The molecule has 4 rings (SSSR count). The van der Waals surface area contributed by atoms with Gasteiger partial charge < -0.3 is 14.7 Å². The second-order valence-corrected chi connectivity index (χ2v) is 8.42. The van der Waals surface area contributed by atoms with Crippen LogP contribution in [0.3, 0.4) is 0 Å². The number of carbonyl (C=O) groups is 2. The van der Waals surface area contributed by atoms with Gasteiger partial charge in [0.2, 0.25) is 0 Å². The molecule has 1 aromatic heterocycles. The van der Waals surface area contributed by atoms with Crippen molar-refractivity contribution in [3.63, 3.8) is 0 Å². The number of ketones is 1. The van der Waals surface area contributed by atoms with Crippen LogP contribution in [0.1, 0.15) is 28.4 Å². The molecule has 0 saturated carbocycles. The molecule has 33 heavy (non-hydrogen) atoms. The Labute approximate surface area is 201 Å². The molecule has 1 N–H and O–H groups in total. The zero-order valence-corrected chi connectivity index (χ0v) is 19.4. The maximum absolute atomic E-state index is 13.2. The molecule has 0 bridgehead atoms. The number of hydrogen-bond donors (Lipinski definition) is 1. The van der Waals surface area contributed by atoms with Gasteiger partial charge in [0.25, 0.3) is 11.7 Å². The number of pyridine rings is 1. The Kier molecular flexibility index (Phi) is 6.40. The topological polar surface area (TPSA) is 79.7 Å². The Hall–Kier alpha value is -3.35. The smallest absolute Gasteiger partial charge is 0.296 e. The van der Waals surface area contributed by atoms with Crippen molar-refractivity contribution in [1.29, 1.82) is 0 Å². The second kappa shape index (κ2) is 9.25. The molecule has 1 atom stereocenters. The number of Topliss-reactive ketones (excluding diaryl/α,β-unsaturated/α-hetero) is 1. The SMILES string of the molecule is COc1ccc(/C(O)=C2/C(=O)C(=O)N(Cc3ccccn3)C2c2ccc(Cl)c(Cl)c2)cc1C. The normalized spacial score (nSPS) is 17.5. The molecule has 0 aliphatic carbocycles. The number of rotatable bonds is 5. The number of aliphatic hydroxyl groups is 1. The molecule has 1 fully saturated rings.